The Morgan fingerprint density at radius 2 is 1.87 bits per heavy atom. The summed E-state index contributed by atoms with van der Waals surface area (Å²) in [5, 5.41) is 3.26. The zero-order valence-electron chi connectivity index (χ0n) is 8.45. The Labute approximate surface area is 86.7 Å². The maximum atomic E-state index is 12.6. The molecule has 0 spiro atoms. The first-order chi connectivity index (χ1) is 6.98. The average molecular weight is 217 g/mol. The normalized spacial score (nSPS) is 43.5. The molecule has 0 atom stereocenters. The van der Waals surface area contributed by atoms with Crippen molar-refractivity contribution >= 4 is 0 Å². The monoisotopic (exact) mass is 217 g/mol. The van der Waals surface area contributed by atoms with Crippen LogP contribution in [0.5, 0.6) is 0 Å². The fraction of sp³-hybridized carbons (Fsp3) is 0.818. The first-order valence-electron chi connectivity index (χ1n) is 5.49. The van der Waals surface area contributed by atoms with E-state index in [4.69, 9.17) is 0 Å². The summed E-state index contributed by atoms with van der Waals surface area (Å²) in [5.41, 5.74) is -0.331. The molecule has 0 aromatic heterocycles. The third-order valence-electron chi connectivity index (χ3n) is 4.25. The Bertz CT molecular complexity index is 309. The standard InChI is InChI=1S/C11H14F3N/c12-11(13,14)10-5-9(6-10,7-10)8-3-1-2-4-15-8/h3,15H,1-2,4-7H2. The number of rotatable bonds is 1. The molecule has 1 N–H and O–H groups in total. The first-order valence-corrected chi connectivity index (χ1v) is 5.49. The van der Waals surface area contributed by atoms with Gasteiger partial charge in [0.2, 0.25) is 0 Å². The van der Waals surface area contributed by atoms with E-state index in [2.05, 4.69) is 11.4 Å². The molecule has 0 saturated heterocycles. The van der Waals surface area contributed by atoms with Gasteiger partial charge in [0.25, 0.3) is 0 Å². The molecule has 1 heterocycles. The van der Waals surface area contributed by atoms with Gasteiger partial charge >= 0.3 is 6.18 Å². The third kappa shape index (κ3) is 1.05. The highest BCUT2D eigenvalue weighted by molar-refractivity contribution is 5.33. The number of nitrogens with one attached hydrogen (secondary N) is 1. The van der Waals surface area contributed by atoms with Crippen LogP contribution in [-0.4, -0.2) is 12.7 Å². The zero-order valence-corrected chi connectivity index (χ0v) is 8.45. The van der Waals surface area contributed by atoms with Gasteiger partial charge in [-0.15, -0.1) is 0 Å². The minimum Gasteiger partial charge on any atom is -0.388 e. The van der Waals surface area contributed by atoms with E-state index in [0.29, 0.717) is 19.3 Å². The molecule has 3 aliphatic carbocycles. The van der Waals surface area contributed by atoms with Crippen molar-refractivity contribution in [1.82, 2.24) is 5.32 Å². The lowest BCUT2D eigenvalue weighted by molar-refractivity contribution is -0.353. The van der Waals surface area contributed by atoms with Crippen LogP contribution in [0, 0.1) is 10.8 Å². The molecule has 0 amide bonds. The predicted octanol–water partition coefficient (Wildman–Crippen LogP) is 2.99. The number of allylic oxidation sites excluding steroid dienone is 2. The molecule has 4 heteroatoms. The molecule has 0 aromatic rings. The van der Waals surface area contributed by atoms with E-state index in [1.807, 2.05) is 0 Å². The summed E-state index contributed by atoms with van der Waals surface area (Å²) in [5.74, 6) is 0. The van der Waals surface area contributed by atoms with Gasteiger partial charge in [-0.3, -0.25) is 0 Å². The molecule has 4 rings (SSSR count). The molecule has 84 valence electrons. The smallest absolute Gasteiger partial charge is 0.388 e. The molecular weight excluding hydrogens is 203 g/mol. The van der Waals surface area contributed by atoms with Crippen LogP contribution in [0.2, 0.25) is 0 Å². The van der Waals surface area contributed by atoms with Gasteiger partial charge in [-0.1, -0.05) is 6.08 Å². The van der Waals surface area contributed by atoms with Gasteiger partial charge in [0.05, 0.1) is 5.41 Å². The highest BCUT2D eigenvalue weighted by atomic mass is 19.4. The van der Waals surface area contributed by atoms with Crippen LogP contribution in [0.4, 0.5) is 13.2 Å². The first kappa shape index (κ1) is 9.55. The van der Waals surface area contributed by atoms with Gasteiger partial charge in [-0.2, -0.15) is 13.2 Å². The van der Waals surface area contributed by atoms with Crippen LogP contribution in [0.15, 0.2) is 11.8 Å². The molecular formula is C11H14F3N. The van der Waals surface area contributed by atoms with Crippen molar-refractivity contribution in [3.8, 4) is 0 Å². The van der Waals surface area contributed by atoms with E-state index in [1.165, 1.54) is 0 Å². The van der Waals surface area contributed by atoms with Gasteiger partial charge in [0.15, 0.2) is 0 Å². The summed E-state index contributed by atoms with van der Waals surface area (Å²) >= 11 is 0. The summed E-state index contributed by atoms with van der Waals surface area (Å²) in [6.45, 7) is 0.923. The van der Waals surface area contributed by atoms with Gasteiger partial charge in [0, 0.05) is 17.7 Å². The summed E-state index contributed by atoms with van der Waals surface area (Å²) in [6, 6.07) is 0. The third-order valence-corrected chi connectivity index (χ3v) is 4.25. The van der Waals surface area contributed by atoms with Crippen LogP contribution in [-0.2, 0) is 0 Å². The van der Waals surface area contributed by atoms with E-state index in [9.17, 15) is 13.2 Å². The van der Waals surface area contributed by atoms with E-state index in [-0.39, 0.29) is 5.41 Å². The maximum absolute atomic E-state index is 12.6. The van der Waals surface area contributed by atoms with Crippen LogP contribution in [0.25, 0.3) is 0 Å². The Hall–Kier alpha value is -0.670. The molecule has 1 nitrogen and oxygen atoms in total. The Morgan fingerprint density at radius 3 is 2.33 bits per heavy atom. The van der Waals surface area contributed by atoms with Crippen LogP contribution in [0.1, 0.15) is 32.1 Å². The average Bonchev–Trinajstić information content (AvgIpc) is 1.98. The molecule has 4 aliphatic rings. The lowest BCUT2D eigenvalue weighted by Gasteiger charge is -2.71. The summed E-state index contributed by atoms with van der Waals surface area (Å²) in [7, 11) is 0. The van der Waals surface area contributed by atoms with E-state index >= 15 is 0 Å². The second-order valence-electron chi connectivity index (χ2n) is 5.28. The Morgan fingerprint density at radius 1 is 1.20 bits per heavy atom. The second-order valence-corrected chi connectivity index (χ2v) is 5.28. The van der Waals surface area contributed by atoms with Crippen molar-refractivity contribution in [1.29, 1.82) is 0 Å². The van der Waals surface area contributed by atoms with Crippen LogP contribution >= 0.6 is 0 Å². The summed E-state index contributed by atoms with van der Waals surface area (Å²) < 4.78 is 37.9. The fourth-order valence-corrected chi connectivity index (χ4v) is 3.42. The molecule has 0 aromatic carbocycles. The largest absolute Gasteiger partial charge is 0.394 e. The summed E-state index contributed by atoms with van der Waals surface area (Å²) in [4.78, 5) is 0. The molecule has 15 heavy (non-hydrogen) atoms. The highest BCUT2D eigenvalue weighted by Crippen LogP contribution is 2.80. The van der Waals surface area contributed by atoms with Gasteiger partial charge < -0.3 is 5.32 Å². The Balaban J connectivity index is 1.73. The number of hydrogen-bond acceptors (Lipinski definition) is 1. The van der Waals surface area contributed by atoms with E-state index in [1.54, 1.807) is 0 Å². The highest BCUT2D eigenvalue weighted by Gasteiger charge is 2.79. The molecule has 1 aliphatic heterocycles. The molecule has 3 saturated carbocycles. The number of alkyl halides is 3. The lowest BCUT2D eigenvalue weighted by atomic mass is 9.33. The minimum absolute atomic E-state index is 0.115. The zero-order chi connectivity index (χ0) is 10.7. The lowest BCUT2D eigenvalue weighted by Crippen LogP contribution is -2.70. The van der Waals surface area contributed by atoms with Crippen molar-refractivity contribution in [3.05, 3.63) is 11.8 Å². The van der Waals surface area contributed by atoms with Gasteiger partial charge in [-0.05, 0) is 32.1 Å². The van der Waals surface area contributed by atoms with Crippen LogP contribution in [0.3, 0.4) is 0 Å². The van der Waals surface area contributed by atoms with Crippen molar-refractivity contribution < 1.29 is 13.2 Å². The Kier molecular flexibility index (Phi) is 1.61. The predicted molar refractivity (Wildman–Crippen MR) is 50.1 cm³/mol. The van der Waals surface area contributed by atoms with Crippen LogP contribution < -0.4 is 5.32 Å². The van der Waals surface area contributed by atoms with Crippen molar-refractivity contribution in [2.24, 2.45) is 10.8 Å². The quantitative estimate of drug-likeness (QED) is 0.712. The molecule has 2 bridgehead atoms. The van der Waals surface area contributed by atoms with Gasteiger partial charge in [-0.25, -0.2) is 0 Å². The van der Waals surface area contributed by atoms with Crippen molar-refractivity contribution in [2.75, 3.05) is 6.54 Å². The van der Waals surface area contributed by atoms with Crippen molar-refractivity contribution in [2.45, 2.75) is 38.3 Å². The molecule has 0 radical (unpaired) electrons. The van der Waals surface area contributed by atoms with Gasteiger partial charge in [0.1, 0.15) is 0 Å². The molecule has 0 unspecified atom stereocenters. The second kappa shape index (κ2) is 2.53. The summed E-state index contributed by atoms with van der Waals surface area (Å²) in [6.07, 6.45) is 1.20. The van der Waals surface area contributed by atoms with Crippen molar-refractivity contribution in [3.63, 3.8) is 0 Å². The topological polar surface area (TPSA) is 12.0 Å². The number of hydrogen-bond donors (Lipinski definition) is 1. The minimum atomic E-state index is -3.98. The SMILES string of the molecule is FC(F)(F)C12CC(C3=CCCCN3)(C1)C2. The van der Waals surface area contributed by atoms with E-state index in [0.717, 1.165) is 25.1 Å². The maximum Gasteiger partial charge on any atom is 0.394 e. The number of halogens is 3. The molecule has 3 fully saturated rings. The fourth-order valence-electron chi connectivity index (χ4n) is 3.42. The van der Waals surface area contributed by atoms with E-state index < -0.39 is 11.6 Å².